The molecule has 0 unspecified atom stereocenters. The Kier molecular flexibility index (Phi) is 7.70. The number of rotatable bonds is 8. The predicted molar refractivity (Wildman–Crippen MR) is 114 cm³/mol. The van der Waals surface area contributed by atoms with Crippen molar-refractivity contribution in [2.24, 2.45) is 0 Å². The number of ether oxygens (including phenoxy) is 1. The van der Waals surface area contributed by atoms with Gasteiger partial charge in [-0.1, -0.05) is 37.5 Å². The van der Waals surface area contributed by atoms with E-state index in [1.165, 1.54) is 13.5 Å². The van der Waals surface area contributed by atoms with Crippen molar-refractivity contribution in [3.8, 4) is 0 Å². The van der Waals surface area contributed by atoms with Gasteiger partial charge in [0.1, 0.15) is 6.04 Å². The standard InChI is InChI=1S/C22H30N4O4/c1-30-21(28)19(13-15-14-24-18-10-6-5-9-17(15)18)26-20(27)11-12-23-22(29)25-16-7-3-2-4-8-16/h5-6,9-10,14,16,19,24H,2-4,7-8,11-13H2,1H3,(H,26,27)(H2,23,25,29)/t19-/m1/s1. The molecule has 3 amide bonds. The highest BCUT2D eigenvalue weighted by atomic mass is 16.5. The molecule has 1 heterocycles. The number of benzene rings is 1. The number of carbonyl (C=O) groups excluding carboxylic acids is 3. The molecule has 0 radical (unpaired) electrons. The molecule has 0 spiro atoms. The van der Waals surface area contributed by atoms with Gasteiger partial charge in [0, 0.05) is 42.5 Å². The van der Waals surface area contributed by atoms with Crippen molar-refractivity contribution in [2.45, 2.75) is 57.0 Å². The first-order valence-corrected chi connectivity index (χ1v) is 10.5. The molecule has 162 valence electrons. The number of H-pyrrole nitrogens is 1. The van der Waals surface area contributed by atoms with Gasteiger partial charge in [0.15, 0.2) is 0 Å². The van der Waals surface area contributed by atoms with E-state index in [1.807, 2.05) is 30.5 Å². The molecule has 4 N–H and O–H groups in total. The SMILES string of the molecule is COC(=O)[C@@H](Cc1c[nH]c2ccccc12)NC(=O)CCNC(=O)NC1CCCCC1. The molecule has 0 aliphatic heterocycles. The third kappa shape index (κ3) is 5.98. The van der Waals surface area contributed by atoms with Gasteiger partial charge >= 0.3 is 12.0 Å². The Balaban J connectivity index is 1.47. The number of aromatic amines is 1. The van der Waals surface area contributed by atoms with E-state index in [4.69, 9.17) is 4.74 Å². The van der Waals surface area contributed by atoms with E-state index in [-0.39, 0.29) is 30.9 Å². The second-order valence-electron chi connectivity index (χ2n) is 7.69. The first-order valence-electron chi connectivity index (χ1n) is 10.5. The average Bonchev–Trinajstić information content (AvgIpc) is 3.16. The van der Waals surface area contributed by atoms with E-state index >= 15 is 0 Å². The van der Waals surface area contributed by atoms with Crippen LogP contribution in [0.2, 0.25) is 0 Å². The fraction of sp³-hybridized carbons (Fsp3) is 0.500. The Morgan fingerprint density at radius 2 is 1.93 bits per heavy atom. The maximum atomic E-state index is 12.3. The summed E-state index contributed by atoms with van der Waals surface area (Å²) in [5, 5.41) is 9.39. The number of para-hydroxylation sites is 1. The topological polar surface area (TPSA) is 112 Å². The van der Waals surface area contributed by atoms with Gasteiger partial charge in [-0.05, 0) is 24.5 Å². The van der Waals surface area contributed by atoms with E-state index in [0.29, 0.717) is 6.42 Å². The normalized spacial score (nSPS) is 15.4. The maximum absolute atomic E-state index is 12.3. The lowest BCUT2D eigenvalue weighted by Crippen LogP contribution is -2.46. The zero-order valence-electron chi connectivity index (χ0n) is 17.3. The lowest BCUT2D eigenvalue weighted by atomic mass is 9.96. The minimum absolute atomic E-state index is 0.0828. The molecule has 1 aliphatic rings. The highest BCUT2D eigenvalue weighted by Crippen LogP contribution is 2.19. The lowest BCUT2D eigenvalue weighted by Gasteiger charge is -2.22. The van der Waals surface area contributed by atoms with Crippen LogP contribution < -0.4 is 16.0 Å². The summed E-state index contributed by atoms with van der Waals surface area (Å²) in [7, 11) is 1.30. The smallest absolute Gasteiger partial charge is 0.328 e. The van der Waals surface area contributed by atoms with Gasteiger partial charge < -0.3 is 25.7 Å². The Labute approximate surface area is 176 Å². The number of urea groups is 1. The summed E-state index contributed by atoms with van der Waals surface area (Å²) in [5.41, 5.74) is 1.89. The van der Waals surface area contributed by atoms with Crippen LogP contribution >= 0.6 is 0 Å². The molecule has 0 bridgehead atoms. The van der Waals surface area contributed by atoms with Crippen LogP contribution in [0.4, 0.5) is 4.79 Å². The Morgan fingerprint density at radius 3 is 2.70 bits per heavy atom. The summed E-state index contributed by atoms with van der Waals surface area (Å²) in [6, 6.07) is 6.94. The van der Waals surface area contributed by atoms with E-state index in [2.05, 4.69) is 20.9 Å². The number of nitrogens with one attached hydrogen (secondary N) is 4. The largest absolute Gasteiger partial charge is 0.467 e. The quantitative estimate of drug-likeness (QED) is 0.497. The molecule has 0 saturated heterocycles. The molecule has 2 aromatic rings. The van der Waals surface area contributed by atoms with Crippen molar-refractivity contribution in [1.29, 1.82) is 0 Å². The number of hydrogen-bond donors (Lipinski definition) is 4. The minimum atomic E-state index is -0.794. The summed E-state index contributed by atoms with van der Waals surface area (Å²) in [6.45, 7) is 0.200. The van der Waals surface area contributed by atoms with Crippen LogP contribution in [0.3, 0.4) is 0 Å². The number of carbonyl (C=O) groups is 3. The molecule has 1 aromatic heterocycles. The molecule has 1 aliphatic carbocycles. The third-order valence-electron chi connectivity index (χ3n) is 5.50. The Bertz CT molecular complexity index is 873. The van der Waals surface area contributed by atoms with E-state index in [9.17, 15) is 14.4 Å². The summed E-state index contributed by atoms with van der Waals surface area (Å²) in [6.07, 6.45) is 7.74. The maximum Gasteiger partial charge on any atom is 0.328 e. The van der Waals surface area contributed by atoms with Crippen LogP contribution in [0.1, 0.15) is 44.1 Å². The average molecular weight is 415 g/mol. The molecule has 8 nitrogen and oxygen atoms in total. The fourth-order valence-electron chi connectivity index (χ4n) is 3.90. The Morgan fingerprint density at radius 1 is 1.17 bits per heavy atom. The molecule has 30 heavy (non-hydrogen) atoms. The number of methoxy groups -OCH3 is 1. The summed E-state index contributed by atoms with van der Waals surface area (Å²) >= 11 is 0. The van der Waals surface area contributed by atoms with Crippen molar-refractivity contribution >= 4 is 28.8 Å². The second kappa shape index (κ2) is 10.7. The number of esters is 1. The van der Waals surface area contributed by atoms with Gasteiger partial charge in [-0.3, -0.25) is 4.79 Å². The summed E-state index contributed by atoms with van der Waals surface area (Å²) in [4.78, 5) is 39.7. The van der Waals surface area contributed by atoms with E-state index in [1.54, 1.807) is 0 Å². The summed E-state index contributed by atoms with van der Waals surface area (Å²) < 4.78 is 4.86. The van der Waals surface area contributed by atoms with Crippen molar-refractivity contribution in [3.63, 3.8) is 0 Å². The van der Waals surface area contributed by atoms with Crippen LogP contribution in [0.25, 0.3) is 10.9 Å². The molecule has 1 aromatic carbocycles. The van der Waals surface area contributed by atoms with E-state index in [0.717, 1.165) is 42.1 Å². The van der Waals surface area contributed by atoms with Gasteiger partial charge in [-0.25, -0.2) is 9.59 Å². The van der Waals surface area contributed by atoms with Crippen molar-refractivity contribution in [2.75, 3.05) is 13.7 Å². The zero-order valence-corrected chi connectivity index (χ0v) is 17.3. The monoisotopic (exact) mass is 414 g/mol. The predicted octanol–water partition coefficient (Wildman–Crippen LogP) is 2.39. The van der Waals surface area contributed by atoms with Crippen LogP contribution in [0.5, 0.6) is 0 Å². The second-order valence-corrected chi connectivity index (χ2v) is 7.69. The zero-order chi connectivity index (χ0) is 21.3. The van der Waals surface area contributed by atoms with Crippen LogP contribution in [0, 0.1) is 0 Å². The van der Waals surface area contributed by atoms with E-state index < -0.39 is 12.0 Å². The summed E-state index contributed by atoms with van der Waals surface area (Å²) in [5.74, 6) is -0.820. The molecule has 3 rings (SSSR count). The van der Waals surface area contributed by atoms with Crippen molar-refractivity contribution < 1.29 is 19.1 Å². The number of amides is 3. The van der Waals surface area contributed by atoms with Gasteiger partial charge in [-0.2, -0.15) is 0 Å². The Hall–Kier alpha value is -3.03. The highest BCUT2D eigenvalue weighted by molar-refractivity contribution is 5.87. The van der Waals surface area contributed by atoms with Gasteiger partial charge in [0.2, 0.25) is 5.91 Å². The molecule has 1 saturated carbocycles. The van der Waals surface area contributed by atoms with Crippen LogP contribution in [-0.4, -0.2) is 48.6 Å². The molecule has 8 heteroatoms. The number of aromatic nitrogens is 1. The first kappa shape index (κ1) is 21.7. The number of hydrogen-bond acceptors (Lipinski definition) is 4. The number of fused-ring (bicyclic) bond motifs is 1. The van der Waals surface area contributed by atoms with Crippen molar-refractivity contribution in [1.82, 2.24) is 20.9 Å². The molecular formula is C22H30N4O4. The van der Waals surface area contributed by atoms with Crippen LogP contribution in [0.15, 0.2) is 30.5 Å². The molecule has 1 atom stereocenters. The van der Waals surface area contributed by atoms with Gasteiger partial charge in [-0.15, -0.1) is 0 Å². The van der Waals surface area contributed by atoms with Crippen molar-refractivity contribution in [3.05, 3.63) is 36.0 Å². The first-order chi connectivity index (χ1) is 14.6. The lowest BCUT2D eigenvalue weighted by molar-refractivity contribution is -0.145. The van der Waals surface area contributed by atoms with Gasteiger partial charge in [0.05, 0.1) is 7.11 Å². The fourth-order valence-corrected chi connectivity index (χ4v) is 3.90. The van der Waals surface area contributed by atoms with Gasteiger partial charge in [0.25, 0.3) is 0 Å². The molecule has 1 fully saturated rings. The third-order valence-corrected chi connectivity index (χ3v) is 5.50. The minimum Gasteiger partial charge on any atom is -0.467 e. The highest BCUT2D eigenvalue weighted by Gasteiger charge is 2.23. The molecular weight excluding hydrogens is 384 g/mol. The van der Waals surface area contributed by atoms with Crippen LogP contribution in [-0.2, 0) is 20.7 Å².